The van der Waals surface area contributed by atoms with Crippen molar-refractivity contribution in [3.63, 3.8) is 0 Å². The van der Waals surface area contributed by atoms with Crippen molar-refractivity contribution in [1.29, 1.82) is 0 Å². The normalized spacial score (nSPS) is 11.8. The van der Waals surface area contributed by atoms with Crippen LogP contribution >= 0.6 is 0 Å². The van der Waals surface area contributed by atoms with E-state index >= 15 is 0 Å². The molecule has 2 heteroatoms. The molecule has 0 spiro atoms. The van der Waals surface area contributed by atoms with Gasteiger partial charge in [0.1, 0.15) is 5.84 Å². The number of allylic oxidation sites excluding steroid dienone is 2. The largest absolute Gasteiger partial charge is 0.341 e. The summed E-state index contributed by atoms with van der Waals surface area (Å²) in [5.41, 5.74) is 3.26. The lowest BCUT2D eigenvalue weighted by molar-refractivity contribution is 1.42. The quantitative estimate of drug-likeness (QED) is 0.601. The molecule has 0 saturated heterocycles. The van der Waals surface area contributed by atoms with Crippen molar-refractivity contribution in [2.45, 2.75) is 13.8 Å². The molecule has 0 amide bonds. The van der Waals surface area contributed by atoms with Crippen molar-refractivity contribution in [1.82, 2.24) is 0 Å². The van der Waals surface area contributed by atoms with Crippen molar-refractivity contribution in [3.05, 3.63) is 48.6 Å². The molecule has 0 aliphatic heterocycles. The summed E-state index contributed by atoms with van der Waals surface area (Å²) in [7, 11) is 1.77. The first-order valence-electron chi connectivity index (χ1n) is 5.30. The van der Waals surface area contributed by atoms with E-state index in [0.29, 0.717) is 0 Å². The molecule has 0 saturated carbocycles. The molecule has 1 N–H and O–H groups in total. The van der Waals surface area contributed by atoms with Gasteiger partial charge in [0.2, 0.25) is 0 Å². The highest BCUT2D eigenvalue weighted by Crippen LogP contribution is 2.15. The summed E-state index contributed by atoms with van der Waals surface area (Å²) in [4.78, 5) is 4.13. The van der Waals surface area contributed by atoms with Gasteiger partial charge >= 0.3 is 0 Å². The third-order valence-corrected chi connectivity index (χ3v) is 2.22. The van der Waals surface area contributed by atoms with E-state index in [1.807, 2.05) is 50.3 Å². The van der Waals surface area contributed by atoms with Gasteiger partial charge in [-0.05, 0) is 37.6 Å². The molecule has 1 aromatic carbocycles. The van der Waals surface area contributed by atoms with Gasteiger partial charge in [-0.3, -0.25) is 4.99 Å². The Labute approximate surface area is 97.4 Å². The zero-order chi connectivity index (χ0) is 12.0. The van der Waals surface area contributed by atoms with Crippen LogP contribution in [0.25, 0.3) is 5.57 Å². The summed E-state index contributed by atoms with van der Waals surface area (Å²) in [6, 6.07) is 8.15. The Morgan fingerprint density at radius 1 is 1.31 bits per heavy atom. The van der Waals surface area contributed by atoms with Gasteiger partial charge in [-0.2, -0.15) is 0 Å². The molecule has 0 radical (unpaired) electrons. The van der Waals surface area contributed by atoms with Gasteiger partial charge in [0.15, 0.2) is 0 Å². The molecule has 0 aliphatic rings. The van der Waals surface area contributed by atoms with Crippen molar-refractivity contribution < 1.29 is 0 Å². The summed E-state index contributed by atoms with van der Waals surface area (Å²) < 4.78 is 0. The number of rotatable bonds is 3. The average molecular weight is 214 g/mol. The molecular weight excluding hydrogens is 196 g/mol. The molecule has 16 heavy (non-hydrogen) atoms. The summed E-state index contributed by atoms with van der Waals surface area (Å²) in [6.07, 6.45) is 3.89. The number of nitrogens with zero attached hydrogens (tertiary/aromatic N) is 1. The molecule has 0 aliphatic carbocycles. The lowest BCUT2D eigenvalue weighted by Gasteiger charge is -2.06. The number of amidine groups is 1. The van der Waals surface area contributed by atoms with E-state index in [2.05, 4.69) is 16.9 Å². The predicted molar refractivity (Wildman–Crippen MR) is 72.9 cm³/mol. The Balaban J connectivity index is 2.79. The number of aliphatic imine (C=N–C) groups is 1. The van der Waals surface area contributed by atoms with E-state index in [0.717, 1.165) is 22.7 Å². The second kappa shape index (κ2) is 5.91. The minimum atomic E-state index is 0.852. The van der Waals surface area contributed by atoms with Crippen LogP contribution in [0.15, 0.2) is 48.0 Å². The van der Waals surface area contributed by atoms with Crippen LogP contribution in [0.4, 0.5) is 5.69 Å². The van der Waals surface area contributed by atoms with E-state index in [4.69, 9.17) is 0 Å². The first-order valence-corrected chi connectivity index (χ1v) is 5.30. The molecular formula is C14H18N2. The lowest BCUT2D eigenvalue weighted by Crippen LogP contribution is -2.08. The molecule has 0 atom stereocenters. The van der Waals surface area contributed by atoms with Gasteiger partial charge in [-0.25, -0.2) is 0 Å². The summed E-state index contributed by atoms with van der Waals surface area (Å²) in [5.74, 6) is 0.852. The predicted octanol–water partition coefficient (Wildman–Crippen LogP) is 3.74. The number of nitrogens with one attached hydrogen (secondary N) is 1. The number of benzene rings is 1. The molecule has 1 aromatic rings. The van der Waals surface area contributed by atoms with E-state index in [1.165, 1.54) is 0 Å². The van der Waals surface area contributed by atoms with Crippen LogP contribution < -0.4 is 5.32 Å². The van der Waals surface area contributed by atoms with Crippen molar-refractivity contribution in [2.75, 3.05) is 12.4 Å². The number of hydrogen-bond acceptors (Lipinski definition) is 1. The maximum atomic E-state index is 4.13. The summed E-state index contributed by atoms with van der Waals surface area (Å²) in [6.45, 7) is 7.88. The van der Waals surface area contributed by atoms with Crippen molar-refractivity contribution in [3.8, 4) is 0 Å². The molecule has 0 fully saturated rings. The van der Waals surface area contributed by atoms with Gasteiger partial charge in [-0.15, -0.1) is 0 Å². The second-order valence-electron chi connectivity index (χ2n) is 3.59. The molecule has 0 aromatic heterocycles. The van der Waals surface area contributed by atoms with Crippen molar-refractivity contribution >= 4 is 17.1 Å². The maximum absolute atomic E-state index is 4.13. The van der Waals surface area contributed by atoms with E-state index < -0.39 is 0 Å². The Hall–Kier alpha value is -1.83. The Morgan fingerprint density at radius 3 is 2.38 bits per heavy atom. The molecule has 0 heterocycles. The fourth-order valence-corrected chi connectivity index (χ4v) is 1.32. The van der Waals surface area contributed by atoms with Gasteiger partial charge in [-0.1, -0.05) is 30.4 Å². The molecule has 1 rings (SSSR count). The van der Waals surface area contributed by atoms with Crippen LogP contribution in [-0.2, 0) is 0 Å². The first-order chi connectivity index (χ1) is 7.67. The summed E-state index contributed by atoms with van der Waals surface area (Å²) in [5, 5.41) is 3.23. The van der Waals surface area contributed by atoms with E-state index in [1.54, 1.807) is 7.05 Å². The average Bonchev–Trinajstić information content (AvgIpc) is 2.29. The van der Waals surface area contributed by atoms with E-state index in [9.17, 15) is 0 Å². The molecule has 0 unspecified atom stereocenters. The van der Waals surface area contributed by atoms with Crippen LogP contribution in [0, 0.1) is 0 Å². The highest BCUT2D eigenvalue weighted by Gasteiger charge is 1.96. The Kier molecular flexibility index (Phi) is 4.52. The molecule has 84 valence electrons. The zero-order valence-electron chi connectivity index (χ0n) is 10.1. The Morgan fingerprint density at radius 2 is 1.94 bits per heavy atom. The van der Waals surface area contributed by atoms with Crippen molar-refractivity contribution in [2.24, 2.45) is 4.99 Å². The van der Waals surface area contributed by atoms with E-state index in [-0.39, 0.29) is 0 Å². The third kappa shape index (κ3) is 3.39. The third-order valence-electron chi connectivity index (χ3n) is 2.22. The molecule has 2 nitrogen and oxygen atoms in total. The van der Waals surface area contributed by atoms with Gasteiger partial charge in [0.25, 0.3) is 0 Å². The fourth-order valence-electron chi connectivity index (χ4n) is 1.32. The first kappa shape index (κ1) is 12.2. The van der Waals surface area contributed by atoms with Crippen LogP contribution in [0.5, 0.6) is 0 Å². The highest BCUT2D eigenvalue weighted by molar-refractivity contribution is 6.03. The van der Waals surface area contributed by atoms with Crippen LogP contribution in [0.2, 0.25) is 0 Å². The summed E-state index contributed by atoms with van der Waals surface area (Å²) >= 11 is 0. The standard InChI is InChI=1S/C14H18N2/c1-5-6-14(15-4)16-13-9-7-12(8-10-13)11(2)3/h5-10H,2H2,1,3-4H3,(H,15,16)/b6-5-. The lowest BCUT2D eigenvalue weighted by atomic mass is 10.1. The SMILES string of the molecule is C=C(C)c1ccc(NC(/C=C\C)=NC)cc1. The van der Waals surface area contributed by atoms with Gasteiger partial charge in [0.05, 0.1) is 0 Å². The van der Waals surface area contributed by atoms with Crippen LogP contribution in [0.1, 0.15) is 19.4 Å². The van der Waals surface area contributed by atoms with Gasteiger partial charge in [0, 0.05) is 12.7 Å². The maximum Gasteiger partial charge on any atom is 0.124 e. The Bertz CT molecular complexity index is 411. The fraction of sp³-hybridized carbons (Fsp3) is 0.214. The number of anilines is 1. The minimum Gasteiger partial charge on any atom is -0.341 e. The number of hydrogen-bond donors (Lipinski definition) is 1. The molecule has 0 bridgehead atoms. The zero-order valence-corrected chi connectivity index (χ0v) is 10.1. The topological polar surface area (TPSA) is 24.4 Å². The monoisotopic (exact) mass is 214 g/mol. The van der Waals surface area contributed by atoms with Crippen LogP contribution in [-0.4, -0.2) is 12.9 Å². The smallest absolute Gasteiger partial charge is 0.124 e. The van der Waals surface area contributed by atoms with Crippen LogP contribution in [0.3, 0.4) is 0 Å². The highest BCUT2D eigenvalue weighted by atomic mass is 15.0. The minimum absolute atomic E-state index is 0.852. The second-order valence-corrected chi connectivity index (χ2v) is 3.59. The van der Waals surface area contributed by atoms with Gasteiger partial charge < -0.3 is 5.32 Å².